The van der Waals surface area contributed by atoms with Crippen LogP contribution in [0.2, 0.25) is 0 Å². The summed E-state index contributed by atoms with van der Waals surface area (Å²) in [4.78, 5) is 4.52. The number of aromatic nitrogens is 3. The first kappa shape index (κ1) is 16.1. The molecule has 2 aromatic rings. The fourth-order valence-electron chi connectivity index (χ4n) is 2.01. The number of nitrogens with zero attached hydrogens (tertiary/aromatic N) is 2. The molecule has 0 fully saturated rings. The summed E-state index contributed by atoms with van der Waals surface area (Å²) in [6.07, 6.45) is 0.775. The summed E-state index contributed by atoms with van der Waals surface area (Å²) in [6, 6.07) is 5.76. The number of H-pyrrole nitrogens is 1. The lowest BCUT2D eigenvalue weighted by atomic mass is 9.96. The topological polar surface area (TPSA) is 72.1 Å². The van der Waals surface area contributed by atoms with Gasteiger partial charge < -0.3 is 14.8 Å². The maximum absolute atomic E-state index is 5.29. The molecule has 6 nitrogen and oxygen atoms in total. The Kier molecular flexibility index (Phi) is 4.90. The average molecular weight is 304 g/mol. The number of nitrogens with one attached hydrogen (secondary N) is 2. The Morgan fingerprint density at radius 3 is 2.45 bits per heavy atom. The fourth-order valence-corrected chi connectivity index (χ4v) is 2.01. The number of aromatic amines is 1. The molecule has 0 aliphatic rings. The number of anilines is 1. The maximum atomic E-state index is 5.29. The molecule has 1 aromatic carbocycles. The van der Waals surface area contributed by atoms with Crippen molar-refractivity contribution in [2.75, 3.05) is 26.1 Å². The molecule has 0 saturated heterocycles. The summed E-state index contributed by atoms with van der Waals surface area (Å²) in [6.45, 7) is 7.06. The Hall–Kier alpha value is -2.24. The fraction of sp³-hybridized carbons (Fsp3) is 0.500. The molecular weight excluding hydrogens is 280 g/mol. The first-order chi connectivity index (χ1) is 10.4. The summed E-state index contributed by atoms with van der Waals surface area (Å²) in [5.74, 6) is 3.16. The van der Waals surface area contributed by atoms with Crippen LogP contribution in [0.25, 0.3) is 0 Å². The minimum Gasteiger partial charge on any atom is -0.493 e. The second-order valence-electron chi connectivity index (χ2n) is 6.10. The van der Waals surface area contributed by atoms with Gasteiger partial charge in [0.15, 0.2) is 17.3 Å². The Morgan fingerprint density at radius 1 is 1.14 bits per heavy atom. The van der Waals surface area contributed by atoms with Crippen LogP contribution >= 0.6 is 0 Å². The third-order valence-electron chi connectivity index (χ3n) is 3.28. The van der Waals surface area contributed by atoms with Gasteiger partial charge in [-0.05, 0) is 12.1 Å². The van der Waals surface area contributed by atoms with Gasteiger partial charge in [-0.2, -0.15) is 5.10 Å². The number of hydrogen-bond donors (Lipinski definition) is 2. The highest BCUT2D eigenvalue weighted by molar-refractivity contribution is 5.54. The van der Waals surface area contributed by atoms with Crippen LogP contribution in [-0.4, -0.2) is 35.9 Å². The zero-order chi connectivity index (χ0) is 16.2. The van der Waals surface area contributed by atoms with Gasteiger partial charge in [-0.3, -0.25) is 5.10 Å². The SMILES string of the molecule is COc1ccc(NCCc2nc(C(C)(C)C)n[nH]2)cc1OC. The van der Waals surface area contributed by atoms with Crippen LogP contribution in [0, 0.1) is 0 Å². The minimum absolute atomic E-state index is 0.0362. The van der Waals surface area contributed by atoms with E-state index in [0.717, 1.165) is 36.1 Å². The van der Waals surface area contributed by atoms with Crippen molar-refractivity contribution in [3.63, 3.8) is 0 Å². The smallest absolute Gasteiger partial charge is 0.162 e. The van der Waals surface area contributed by atoms with Crippen molar-refractivity contribution in [1.82, 2.24) is 15.2 Å². The van der Waals surface area contributed by atoms with Crippen molar-refractivity contribution in [3.05, 3.63) is 29.8 Å². The summed E-state index contributed by atoms with van der Waals surface area (Å²) >= 11 is 0. The lowest BCUT2D eigenvalue weighted by molar-refractivity contribution is 0.355. The summed E-state index contributed by atoms with van der Waals surface area (Å²) in [5.41, 5.74) is 0.944. The second-order valence-corrected chi connectivity index (χ2v) is 6.10. The van der Waals surface area contributed by atoms with Crippen molar-refractivity contribution in [2.45, 2.75) is 32.6 Å². The van der Waals surface area contributed by atoms with Crippen molar-refractivity contribution in [1.29, 1.82) is 0 Å². The monoisotopic (exact) mass is 304 g/mol. The summed E-state index contributed by atoms with van der Waals surface area (Å²) in [5, 5.41) is 10.6. The third-order valence-corrected chi connectivity index (χ3v) is 3.28. The molecule has 120 valence electrons. The number of benzene rings is 1. The quantitative estimate of drug-likeness (QED) is 0.858. The number of methoxy groups -OCH3 is 2. The molecule has 2 rings (SSSR count). The summed E-state index contributed by atoms with van der Waals surface area (Å²) < 4.78 is 10.5. The molecule has 0 amide bonds. The van der Waals surface area contributed by atoms with Crippen LogP contribution in [0.4, 0.5) is 5.69 Å². The third kappa shape index (κ3) is 3.90. The van der Waals surface area contributed by atoms with Crippen molar-refractivity contribution < 1.29 is 9.47 Å². The number of hydrogen-bond acceptors (Lipinski definition) is 5. The predicted octanol–water partition coefficient (Wildman–Crippen LogP) is 2.77. The van der Waals surface area contributed by atoms with E-state index in [0.29, 0.717) is 5.75 Å². The number of ether oxygens (including phenoxy) is 2. The normalized spacial score (nSPS) is 11.3. The van der Waals surface area contributed by atoms with Crippen LogP contribution in [0.3, 0.4) is 0 Å². The Balaban J connectivity index is 1.92. The molecule has 0 saturated carbocycles. The molecule has 0 aliphatic carbocycles. The van der Waals surface area contributed by atoms with E-state index in [1.54, 1.807) is 14.2 Å². The first-order valence-corrected chi connectivity index (χ1v) is 7.31. The highest BCUT2D eigenvalue weighted by Crippen LogP contribution is 2.29. The Morgan fingerprint density at radius 2 is 1.86 bits per heavy atom. The highest BCUT2D eigenvalue weighted by atomic mass is 16.5. The first-order valence-electron chi connectivity index (χ1n) is 7.31. The molecule has 1 heterocycles. The molecule has 1 aromatic heterocycles. The Bertz CT molecular complexity index is 617. The largest absolute Gasteiger partial charge is 0.493 e. The van der Waals surface area contributed by atoms with Gasteiger partial charge in [0.2, 0.25) is 0 Å². The number of rotatable bonds is 6. The molecule has 2 N–H and O–H groups in total. The van der Waals surface area contributed by atoms with E-state index >= 15 is 0 Å². The van der Waals surface area contributed by atoms with Gasteiger partial charge in [0.25, 0.3) is 0 Å². The standard InChI is InChI=1S/C16H24N4O2/c1-16(2,3)15-18-14(19-20-15)8-9-17-11-6-7-12(21-4)13(10-11)22-5/h6-7,10,17H,8-9H2,1-5H3,(H,18,19,20). The van der Waals surface area contributed by atoms with Crippen molar-refractivity contribution >= 4 is 5.69 Å². The molecule has 0 unspecified atom stereocenters. The van der Waals surface area contributed by atoms with E-state index in [2.05, 4.69) is 41.3 Å². The van der Waals surface area contributed by atoms with Gasteiger partial charge in [0, 0.05) is 30.1 Å². The van der Waals surface area contributed by atoms with Crippen LogP contribution in [0.15, 0.2) is 18.2 Å². The van der Waals surface area contributed by atoms with Gasteiger partial charge in [-0.25, -0.2) is 4.98 Å². The lowest BCUT2D eigenvalue weighted by Crippen LogP contribution is -2.13. The van der Waals surface area contributed by atoms with Crippen LogP contribution < -0.4 is 14.8 Å². The molecule has 0 aliphatic heterocycles. The maximum Gasteiger partial charge on any atom is 0.162 e. The van der Waals surface area contributed by atoms with E-state index in [4.69, 9.17) is 9.47 Å². The van der Waals surface area contributed by atoms with E-state index in [-0.39, 0.29) is 5.41 Å². The molecule has 0 radical (unpaired) electrons. The average Bonchev–Trinajstić information content (AvgIpc) is 2.96. The molecule has 0 spiro atoms. The van der Waals surface area contributed by atoms with Crippen LogP contribution in [0.1, 0.15) is 32.4 Å². The molecule has 22 heavy (non-hydrogen) atoms. The van der Waals surface area contributed by atoms with Gasteiger partial charge in [0.05, 0.1) is 14.2 Å². The lowest BCUT2D eigenvalue weighted by Gasteiger charge is -2.12. The van der Waals surface area contributed by atoms with Gasteiger partial charge >= 0.3 is 0 Å². The minimum atomic E-state index is -0.0362. The highest BCUT2D eigenvalue weighted by Gasteiger charge is 2.19. The summed E-state index contributed by atoms with van der Waals surface area (Å²) in [7, 11) is 3.26. The van der Waals surface area contributed by atoms with Crippen molar-refractivity contribution in [2.24, 2.45) is 0 Å². The van der Waals surface area contributed by atoms with E-state index in [9.17, 15) is 0 Å². The zero-order valence-corrected chi connectivity index (χ0v) is 13.9. The van der Waals surface area contributed by atoms with E-state index in [1.165, 1.54) is 0 Å². The van der Waals surface area contributed by atoms with Crippen LogP contribution in [-0.2, 0) is 11.8 Å². The van der Waals surface area contributed by atoms with Gasteiger partial charge in [0.1, 0.15) is 5.82 Å². The molecular formula is C16H24N4O2. The van der Waals surface area contributed by atoms with Gasteiger partial charge in [-0.15, -0.1) is 0 Å². The molecule has 0 bridgehead atoms. The van der Waals surface area contributed by atoms with Crippen LogP contribution in [0.5, 0.6) is 11.5 Å². The Labute approximate surface area is 131 Å². The van der Waals surface area contributed by atoms with E-state index in [1.807, 2.05) is 18.2 Å². The predicted molar refractivity (Wildman–Crippen MR) is 86.8 cm³/mol. The molecule has 0 atom stereocenters. The van der Waals surface area contributed by atoms with Gasteiger partial charge in [-0.1, -0.05) is 20.8 Å². The second kappa shape index (κ2) is 6.68. The van der Waals surface area contributed by atoms with Crippen molar-refractivity contribution in [3.8, 4) is 11.5 Å². The zero-order valence-electron chi connectivity index (χ0n) is 13.9. The molecule has 6 heteroatoms. The van der Waals surface area contributed by atoms with E-state index < -0.39 is 0 Å².